The first kappa shape index (κ1) is 14.5. The molecule has 0 bridgehead atoms. The van der Waals surface area contributed by atoms with Crippen LogP contribution >= 0.6 is 15.9 Å². The molecule has 0 spiro atoms. The Kier molecular flexibility index (Phi) is 6.22. The van der Waals surface area contributed by atoms with Crippen LogP contribution in [0.4, 0.5) is 0 Å². The van der Waals surface area contributed by atoms with E-state index in [0.29, 0.717) is 13.2 Å². The Hall–Kier alpha value is -1.55. The predicted molar refractivity (Wildman–Crippen MR) is 77.7 cm³/mol. The van der Waals surface area contributed by atoms with Gasteiger partial charge in [-0.15, -0.1) is 0 Å². The highest BCUT2D eigenvalue weighted by Crippen LogP contribution is 2.12. The molecule has 0 radical (unpaired) electrons. The van der Waals surface area contributed by atoms with E-state index in [-0.39, 0.29) is 5.91 Å². The van der Waals surface area contributed by atoms with E-state index < -0.39 is 0 Å². The first-order valence-corrected chi connectivity index (χ1v) is 6.43. The number of hydrogen-bond donors (Lipinski definition) is 1. The number of carbonyl (C=O) groups excluding carboxylic acids is 1. The highest BCUT2D eigenvalue weighted by atomic mass is 79.9. The highest BCUT2D eigenvalue weighted by molar-refractivity contribution is 9.11. The molecule has 1 N–H and O–H groups in total. The van der Waals surface area contributed by atoms with Crippen LogP contribution in [0.25, 0.3) is 6.08 Å². The van der Waals surface area contributed by atoms with Crippen LogP contribution in [0.15, 0.2) is 41.4 Å². The van der Waals surface area contributed by atoms with Crippen molar-refractivity contribution in [2.75, 3.05) is 13.2 Å². The van der Waals surface area contributed by atoms with Gasteiger partial charge in [0.05, 0.1) is 6.61 Å². The van der Waals surface area contributed by atoms with E-state index in [9.17, 15) is 4.79 Å². The zero-order valence-electron chi connectivity index (χ0n) is 10.3. The largest absolute Gasteiger partial charge is 0.494 e. The third kappa shape index (κ3) is 5.68. The van der Waals surface area contributed by atoms with Crippen LogP contribution in [-0.2, 0) is 4.79 Å². The lowest BCUT2D eigenvalue weighted by Gasteiger charge is -2.02. The molecule has 0 aromatic heterocycles. The summed E-state index contributed by atoms with van der Waals surface area (Å²) in [5.41, 5.74) is 0.950. The Morgan fingerprint density at radius 1 is 1.44 bits per heavy atom. The second kappa shape index (κ2) is 7.71. The summed E-state index contributed by atoms with van der Waals surface area (Å²) in [6.07, 6.45) is 3.24. The Labute approximate surface area is 116 Å². The van der Waals surface area contributed by atoms with E-state index in [0.717, 1.165) is 15.8 Å². The van der Waals surface area contributed by atoms with E-state index >= 15 is 0 Å². The van der Waals surface area contributed by atoms with Crippen molar-refractivity contribution in [2.45, 2.75) is 6.92 Å². The number of ether oxygens (including phenoxy) is 1. The normalized spacial score (nSPS) is 10.3. The van der Waals surface area contributed by atoms with E-state index in [1.807, 2.05) is 31.2 Å². The molecule has 1 rings (SSSR count). The average Bonchev–Trinajstić information content (AvgIpc) is 2.36. The molecule has 0 aliphatic rings. The zero-order valence-corrected chi connectivity index (χ0v) is 11.9. The SMILES string of the molecule is C=C(Br)CNC(=O)/C=C/c1ccc(OCC)cc1. The predicted octanol–water partition coefficient (Wildman–Crippen LogP) is 3.12. The van der Waals surface area contributed by atoms with Crippen LogP contribution in [-0.4, -0.2) is 19.1 Å². The van der Waals surface area contributed by atoms with Gasteiger partial charge in [0.25, 0.3) is 0 Å². The molecule has 0 saturated heterocycles. The van der Waals surface area contributed by atoms with Crippen molar-refractivity contribution in [1.29, 1.82) is 0 Å². The lowest BCUT2D eigenvalue weighted by molar-refractivity contribution is -0.116. The van der Waals surface area contributed by atoms with Gasteiger partial charge in [0.1, 0.15) is 5.75 Å². The van der Waals surface area contributed by atoms with E-state index in [4.69, 9.17) is 4.74 Å². The van der Waals surface area contributed by atoms with Gasteiger partial charge >= 0.3 is 0 Å². The quantitative estimate of drug-likeness (QED) is 0.820. The minimum Gasteiger partial charge on any atom is -0.494 e. The molecule has 1 aromatic rings. The van der Waals surface area contributed by atoms with Crippen molar-refractivity contribution in [1.82, 2.24) is 5.32 Å². The minimum absolute atomic E-state index is 0.149. The van der Waals surface area contributed by atoms with Gasteiger partial charge in [-0.3, -0.25) is 4.79 Å². The fraction of sp³-hybridized carbons (Fsp3) is 0.214. The molecule has 0 fully saturated rings. The summed E-state index contributed by atoms with van der Waals surface area (Å²) in [6, 6.07) is 7.55. The van der Waals surface area contributed by atoms with Crippen LogP contribution in [0.2, 0.25) is 0 Å². The third-order valence-corrected chi connectivity index (χ3v) is 2.35. The van der Waals surface area contributed by atoms with Crippen molar-refractivity contribution in [2.24, 2.45) is 0 Å². The van der Waals surface area contributed by atoms with Gasteiger partial charge in [-0.25, -0.2) is 0 Å². The summed E-state index contributed by atoms with van der Waals surface area (Å²) < 4.78 is 6.07. The Bertz CT molecular complexity index is 438. The van der Waals surface area contributed by atoms with Crippen molar-refractivity contribution in [3.8, 4) is 5.75 Å². The second-order valence-corrected chi connectivity index (χ2v) is 4.69. The Morgan fingerprint density at radius 3 is 2.67 bits per heavy atom. The molecule has 3 nitrogen and oxygen atoms in total. The number of carbonyl (C=O) groups is 1. The molecule has 4 heteroatoms. The number of nitrogens with one attached hydrogen (secondary N) is 1. The Balaban J connectivity index is 2.50. The van der Waals surface area contributed by atoms with Gasteiger partial charge in [0, 0.05) is 17.1 Å². The molecule has 0 heterocycles. The number of halogens is 1. The maximum atomic E-state index is 11.4. The van der Waals surface area contributed by atoms with Crippen LogP contribution < -0.4 is 10.1 Å². The van der Waals surface area contributed by atoms with Crippen LogP contribution in [0.1, 0.15) is 12.5 Å². The summed E-state index contributed by atoms with van der Waals surface area (Å²) in [5, 5.41) is 2.69. The number of amides is 1. The van der Waals surface area contributed by atoms with E-state index in [1.54, 1.807) is 6.08 Å². The van der Waals surface area contributed by atoms with Crippen molar-refractivity contribution in [3.63, 3.8) is 0 Å². The van der Waals surface area contributed by atoms with Gasteiger partial charge in [0.15, 0.2) is 0 Å². The first-order valence-electron chi connectivity index (χ1n) is 5.64. The molecule has 0 unspecified atom stereocenters. The molecular formula is C14H16BrNO2. The topological polar surface area (TPSA) is 38.3 Å². The van der Waals surface area contributed by atoms with E-state index in [1.165, 1.54) is 6.08 Å². The van der Waals surface area contributed by atoms with Crippen LogP contribution in [0, 0.1) is 0 Å². The smallest absolute Gasteiger partial charge is 0.244 e. The molecule has 1 amide bonds. The van der Waals surface area contributed by atoms with Crippen molar-refractivity contribution in [3.05, 3.63) is 47.0 Å². The zero-order chi connectivity index (χ0) is 13.4. The molecule has 0 aliphatic heterocycles. The average molecular weight is 310 g/mol. The molecule has 0 aliphatic carbocycles. The lowest BCUT2D eigenvalue weighted by Crippen LogP contribution is -2.21. The summed E-state index contributed by atoms with van der Waals surface area (Å²) >= 11 is 3.17. The number of benzene rings is 1. The summed E-state index contributed by atoms with van der Waals surface area (Å²) in [5.74, 6) is 0.680. The maximum Gasteiger partial charge on any atom is 0.244 e. The third-order valence-electron chi connectivity index (χ3n) is 2.07. The van der Waals surface area contributed by atoms with Gasteiger partial charge in [-0.1, -0.05) is 34.6 Å². The number of hydrogen-bond acceptors (Lipinski definition) is 2. The highest BCUT2D eigenvalue weighted by Gasteiger charge is 1.96. The summed E-state index contributed by atoms with van der Waals surface area (Å²) in [7, 11) is 0. The maximum absolute atomic E-state index is 11.4. The summed E-state index contributed by atoms with van der Waals surface area (Å²) in [6.45, 7) is 6.65. The molecular weight excluding hydrogens is 294 g/mol. The minimum atomic E-state index is -0.149. The van der Waals surface area contributed by atoms with Gasteiger partial charge in [-0.05, 0) is 30.7 Å². The molecule has 18 heavy (non-hydrogen) atoms. The van der Waals surface area contributed by atoms with Crippen molar-refractivity contribution < 1.29 is 9.53 Å². The standard InChI is InChI=1S/C14H16BrNO2/c1-3-18-13-7-4-12(5-8-13)6-9-14(17)16-10-11(2)15/h4-9H,2-3,10H2,1H3,(H,16,17)/b9-6+. The van der Waals surface area contributed by atoms with Gasteiger partial charge in [0.2, 0.25) is 5.91 Å². The fourth-order valence-corrected chi connectivity index (χ4v) is 1.40. The molecule has 0 atom stereocenters. The summed E-state index contributed by atoms with van der Waals surface area (Å²) in [4.78, 5) is 11.4. The monoisotopic (exact) mass is 309 g/mol. The Morgan fingerprint density at radius 2 is 2.11 bits per heavy atom. The van der Waals surface area contributed by atoms with Crippen LogP contribution in [0.3, 0.4) is 0 Å². The second-order valence-electron chi connectivity index (χ2n) is 3.57. The van der Waals surface area contributed by atoms with E-state index in [2.05, 4.69) is 27.8 Å². The van der Waals surface area contributed by atoms with Gasteiger partial charge in [-0.2, -0.15) is 0 Å². The van der Waals surface area contributed by atoms with Crippen molar-refractivity contribution >= 4 is 27.9 Å². The molecule has 1 aromatic carbocycles. The lowest BCUT2D eigenvalue weighted by atomic mass is 10.2. The van der Waals surface area contributed by atoms with Crippen LogP contribution in [0.5, 0.6) is 5.75 Å². The first-order chi connectivity index (χ1) is 8.61. The fourth-order valence-electron chi connectivity index (χ4n) is 1.26. The number of rotatable bonds is 6. The molecule has 96 valence electrons. The molecule has 0 saturated carbocycles. The van der Waals surface area contributed by atoms with Gasteiger partial charge < -0.3 is 10.1 Å².